The van der Waals surface area contributed by atoms with E-state index in [0.29, 0.717) is 0 Å². The number of hydrogen-bond acceptors (Lipinski definition) is 3. The van der Waals surface area contributed by atoms with Crippen molar-refractivity contribution >= 4 is 37.5 Å². The lowest BCUT2D eigenvalue weighted by Gasteiger charge is -2.38. The van der Waals surface area contributed by atoms with Crippen molar-refractivity contribution in [1.82, 2.24) is 9.13 Å². The summed E-state index contributed by atoms with van der Waals surface area (Å²) in [5.74, 6) is -32.1. The zero-order chi connectivity index (χ0) is 25.0. The highest BCUT2D eigenvalue weighted by Crippen LogP contribution is 2.57. The van der Waals surface area contributed by atoms with Crippen molar-refractivity contribution in [2.24, 2.45) is 5.41 Å². The minimum absolute atomic E-state index is 0.0702. The van der Waals surface area contributed by atoms with Gasteiger partial charge in [-0.05, 0) is 17.6 Å². The summed E-state index contributed by atoms with van der Waals surface area (Å²) in [7, 11) is 0. The summed E-state index contributed by atoms with van der Waals surface area (Å²) >= 11 is 13.2. The third kappa shape index (κ3) is 5.02. The zero-order valence-corrected chi connectivity index (χ0v) is 19.2. The van der Waals surface area contributed by atoms with E-state index >= 15 is 0 Å². The molecule has 1 aromatic heterocycles. The van der Waals surface area contributed by atoms with E-state index in [1.807, 2.05) is 0 Å². The standard InChI is InChI=1S/C16H20F10N2S3/c1-11(2,3)7-28-9(30)8(29)27(10(28)31)6-5-13(19,20)15(23,24)16(25,26)14(21,22)12(4,17)18/h29-30H,5-7H2,1-4H3. The smallest absolute Gasteiger partial charge is 0.311 e. The molecule has 0 saturated carbocycles. The van der Waals surface area contributed by atoms with Gasteiger partial charge >= 0.3 is 29.6 Å². The molecule has 0 atom stereocenters. The second-order valence-electron chi connectivity index (χ2n) is 8.29. The first-order valence-corrected chi connectivity index (χ1v) is 9.83. The number of aromatic nitrogens is 2. The van der Waals surface area contributed by atoms with Gasteiger partial charge in [-0.1, -0.05) is 20.8 Å². The lowest BCUT2D eigenvalue weighted by atomic mass is 9.93. The van der Waals surface area contributed by atoms with Gasteiger partial charge in [0.1, 0.15) is 10.1 Å². The predicted molar refractivity (Wildman–Crippen MR) is 102 cm³/mol. The molecule has 1 aromatic rings. The van der Waals surface area contributed by atoms with Crippen LogP contribution >= 0.6 is 37.5 Å². The van der Waals surface area contributed by atoms with Gasteiger partial charge < -0.3 is 9.13 Å². The maximum Gasteiger partial charge on any atom is 0.384 e. The minimum atomic E-state index is -7.06. The van der Waals surface area contributed by atoms with E-state index in [0.717, 1.165) is 4.57 Å². The fourth-order valence-electron chi connectivity index (χ4n) is 2.50. The first kappa shape index (κ1) is 28.5. The molecule has 0 bridgehead atoms. The van der Waals surface area contributed by atoms with Gasteiger partial charge in [-0.15, -0.1) is 25.3 Å². The summed E-state index contributed by atoms with van der Waals surface area (Å²) in [4.78, 5) is 0. The number of nitrogens with zero attached hydrogens (tertiary/aromatic N) is 2. The van der Waals surface area contributed by atoms with Gasteiger partial charge in [0.05, 0.1) is 0 Å². The lowest BCUT2D eigenvalue weighted by Crippen LogP contribution is -2.66. The number of thiol groups is 2. The van der Waals surface area contributed by atoms with E-state index in [2.05, 4.69) is 25.3 Å². The van der Waals surface area contributed by atoms with Crippen LogP contribution in [0.2, 0.25) is 0 Å². The van der Waals surface area contributed by atoms with Gasteiger partial charge in [0.25, 0.3) is 0 Å². The number of imidazole rings is 1. The van der Waals surface area contributed by atoms with Crippen LogP contribution in [0.3, 0.4) is 0 Å². The maximum atomic E-state index is 14.0. The van der Waals surface area contributed by atoms with Crippen LogP contribution < -0.4 is 0 Å². The lowest BCUT2D eigenvalue weighted by molar-refractivity contribution is -0.399. The molecule has 0 spiro atoms. The molecule has 0 N–H and O–H groups in total. The number of halogens is 10. The molecular formula is C16H20F10N2S3. The van der Waals surface area contributed by atoms with Crippen LogP contribution in [0.25, 0.3) is 0 Å². The molecule has 2 nitrogen and oxygen atoms in total. The highest BCUT2D eigenvalue weighted by molar-refractivity contribution is 7.83. The molecule has 0 saturated heterocycles. The van der Waals surface area contributed by atoms with Crippen LogP contribution in [0.4, 0.5) is 43.9 Å². The van der Waals surface area contributed by atoms with E-state index in [1.165, 1.54) is 4.57 Å². The van der Waals surface area contributed by atoms with Crippen molar-refractivity contribution in [2.75, 3.05) is 0 Å². The minimum Gasteiger partial charge on any atom is -0.311 e. The first-order chi connectivity index (χ1) is 13.4. The topological polar surface area (TPSA) is 9.86 Å². The van der Waals surface area contributed by atoms with Gasteiger partial charge in [0.2, 0.25) is 0 Å². The Morgan fingerprint density at radius 1 is 0.710 bits per heavy atom. The van der Waals surface area contributed by atoms with Crippen LogP contribution in [-0.2, 0) is 13.1 Å². The van der Waals surface area contributed by atoms with E-state index in [-0.39, 0.29) is 21.4 Å². The second-order valence-corrected chi connectivity index (χ2v) is 9.51. The van der Waals surface area contributed by atoms with Crippen LogP contribution in [0.15, 0.2) is 10.1 Å². The van der Waals surface area contributed by atoms with Crippen molar-refractivity contribution in [3.8, 4) is 0 Å². The van der Waals surface area contributed by atoms with Crippen LogP contribution in [0.5, 0.6) is 0 Å². The van der Waals surface area contributed by atoms with E-state index in [4.69, 9.17) is 12.2 Å². The highest BCUT2D eigenvalue weighted by Gasteiger charge is 2.84. The molecule has 0 radical (unpaired) electrons. The maximum absolute atomic E-state index is 14.0. The van der Waals surface area contributed by atoms with E-state index in [1.54, 1.807) is 20.8 Å². The van der Waals surface area contributed by atoms with Crippen molar-refractivity contribution < 1.29 is 43.9 Å². The van der Waals surface area contributed by atoms with Crippen LogP contribution in [0.1, 0.15) is 34.1 Å². The van der Waals surface area contributed by atoms with Crippen molar-refractivity contribution in [2.45, 2.75) is 86.9 Å². The fourth-order valence-corrected chi connectivity index (χ4v) is 3.57. The molecule has 31 heavy (non-hydrogen) atoms. The zero-order valence-electron chi connectivity index (χ0n) is 16.6. The largest absolute Gasteiger partial charge is 0.384 e. The summed E-state index contributed by atoms with van der Waals surface area (Å²) in [6.07, 6.45) is -2.12. The third-order valence-corrected chi connectivity index (χ3v) is 5.78. The monoisotopic (exact) mass is 526 g/mol. The Balaban J connectivity index is 3.30. The Morgan fingerprint density at radius 3 is 1.52 bits per heavy atom. The van der Waals surface area contributed by atoms with Gasteiger partial charge in [0, 0.05) is 26.4 Å². The van der Waals surface area contributed by atoms with Crippen molar-refractivity contribution in [3.05, 3.63) is 4.77 Å². The SMILES string of the molecule is CC(C)(C)Cn1c(S)c(S)n(CCC(F)(F)C(F)(F)C(F)(F)C(F)(F)C(C)(F)F)c1=S. The molecule has 0 aliphatic rings. The van der Waals surface area contributed by atoms with E-state index in [9.17, 15) is 43.9 Å². The molecule has 0 unspecified atom stereocenters. The molecule has 0 amide bonds. The molecule has 0 aromatic carbocycles. The molecular weight excluding hydrogens is 506 g/mol. The molecule has 1 rings (SSSR count). The summed E-state index contributed by atoms with van der Waals surface area (Å²) in [6.45, 7) is 3.66. The third-order valence-electron chi connectivity index (χ3n) is 4.25. The quantitative estimate of drug-likeness (QED) is 0.207. The van der Waals surface area contributed by atoms with Crippen molar-refractivity contribution in [3.63, 3.8) is 0 Å². The number of alkyl halides is 10. The normalized spacial score (nSPS) is 15.0. The summed E-state index contributed by atoms with van der Waals surface area (Å²) in [6, 6.07) is 0. The first-order valence-electron chi connectivity index (χ1n) is 8.53. The molecule has 1 heterocycles. The Hall–Kier alpha value is -0.570. The number of rotatable bonds is 8. The van der Waals surface area contributed by atoms with E-state index < -0.39 is 54.9 Å². The second kappa shape index (κ2) is 8.33. The van der Waals surface area contributed by atoms with Gasteiger partial charge in [0.15, 0.2) is 4.77 Å². The van der Waals surface area contributed by atoms with Gasteiger partial charge in [-0.25, -0.2) is 0 Å². The Kier molecular flexibility index (Phi) is 7.65. The van der Waals surface area contributed by atoms with Gasteiger partial charge in [-0.3, -0.25) is 0 Å². The Morgan fingerprint density at radius 2 is 1.13 bits per heavy atom. The van der Waals surface area contributed by atoms with Crippen LogP contribution in [0, 0.1) is 10.2 Å². The Labute approximate surface area is 187 Å². The summed E-state index contributed by atoms with van der Waals surface area (Å²) in [5, 5.41) is -0.0882. The highest BCUT2D eigenvalue weighted by atomic mass is 32.1. The van der Waals surface area contributed by atoms with Crippen LogP contribution in [-0.4, -0.2) is 38.7 Å². The van der Waals surface area contributed by atoms with Crippen molar-refractivity contribution in [1.29, 1.82) is 0 Å². The fraction of sp³-hybridized carbons (Fsp3) is 0.812. The average molecular weight is 527 g/mol. The summed E-state index contributed by atoms with van der Waals surface area (Å²) < 4.78 is 137. The average Bonchev–Trinajstić information content (AvgIpc) is 2.74. The molecule has 182 valence electrons. The molecule has 15 heteroatoms. The molecule has 0 fully saturated rings. The Bertz CT molecular complexity index is 863. The van der Waals surface area contributed by atoms with Gasteiger partial charge in [-0.2, -0.15) is 43.9 Å². The molecule has 0 aliphatic carbocycles. The molecule has 0 aliphatic heterocycles. The number of hydrogen-bond donors (Lipinski definition) is 2. The predicted octanol–water partition coefficient (Wildman–Crippen LogP) is 7.23. The summed E-state index contributed by atoms with van der Waals surface area (Å²) in [5.41, 5.74) is -0.391.